The van der Waals surface area contributed by atoms with E-state index >= 15 is 0 Å². The molecule has 104 valence electrons. The maximum Gasteiger partial charge on any atom is 0.308 e. The highest BCUT2D eigenvalue weighted by Crippen LogP contribution is 2.07. The summed E-state index contributed by atoms with van der Waals surface area (Å²) in [4.78, 5) is 10.4. The summed E-state index contributed by atoms with van der Waals surface area (Å²) in [5, 5.41) is 0. The standard InChI is InChI=1S/C8H8O2.C6H14.C2H6/c1-7(9)10-8-5-3-2-4-6-8;1-4-5-6(2)3;1-2/h2-6H,1H3;6H,4-5H2,1-3H3;1-2H3. The second kappa shape index (κ2) is 13.8. The van der Waals surface area contributed by atoms with Crippen LogP contribution in [0.25, 0.3) is 0 Å². The Morgan fingerprint density at radius 1 is 1.17 bits per heavy atom. The van der Waals surface area contributed by atoms with Crippen molar-refractivity contribution >= 4 is 5.97 Å². The number of hydrogen-bond donors (Lipinski definition) is 0. The van der Waals surface area contributed by atoms with Gasteiger partial charge in [-0.25, -0.2) is 0 Å². The number of carbonyl (C=O) groups is 1. The molecule has 0 radical (unpaired) electrons. The summed E-state index contributed by atoms with van der Waals surface area (Å²) in [5.74, 6) is 1.20. The third-order valence-corrected chi connectivity index (χ3v) is 1.87. The molecule has 1 aromatic rings. The van der Waals surface area contributed by atoms with Gasteiger partial charge in [-0.2, -0.15) is 0 Å². The lowest BCUT2D eigenvalue weighted by Gasteiger charge is -1.97. The van der Waals surface area contributed by atoms with Gasteiger partial charge in [0.05, 0.1) is 0 Å². The number of rotatable bonds is 3. The first-order valence-corrected chi connectivity index (χ1v) is 6.79. The molecule has 0 amide bonds. The lowest BCUT2D eigenvalue weighted by Crippen LogP contribution is -2.00. The summed E-state index contributed by atoms with van der Waals surface area (Å²) in [7, 11) is 0. The van der Waals surface area contributed by atoms with Gasteiger partial charge in [0.15, 0.2) is 0 Å². The molecule has 0 aromatic heterocycles. The van der Waals surface area contributed by atoms with Gasteiger partial charge in [-0.3, -0.25) is 4.79 Å². The third kappa shape index (κ3) is 14.7. The molecule has 18 heavy (non-hydrogen) atoms. The zero-order valence-corrected chi connectivity index (χ0v) is 12.7. The van der Waals surface area contributed by atoms with Crippen molar-refractivity contribution in [1.29, 1.82) is 0 Å². The van der Waals surface area contributed by atoms with Crippen molar-refractivity contribution < 1.29 is 9.53 Å². The zero-order chi connectivity index (χ0) is 14.4. The Balaban J connectivity index is 0. The molecule has 0 N–H and O–H groups in total. The van der Waals surface area contributed by atoms with Crippen LogP contribution >= 0.6 is 0 Å². The highest BCUT2D eigenvalue weighted by Gasteiger charge is 1.92. The van der Waals surface area contributed by atoms with Crippen LogP contribution in [-0.2, 0) is 4.79 Å². The van der Waals surface area contributed by atoms with Gasteiger partial charge in [-0.1, -0.05) is 65.7 Å². The van der Waals surface area contributed by atoms with E-state index in [9.17, 15) is 4.79 Å². The van der Waals surface area contributed by atoms with E-state index in [2.05, 4.69) is 20.8 Å². The summed E-state index contributed by atoms with van der Waals surface area (Å²) in [6, 6.07) is 8.98. The summed E-state index contributed by atoms with van der Waals surface area (Å²) < 4.78 is 4.78. The Morgan fingerprint density at radius 2 is 1.67 bits per heavy atom. The van der Waals surface area contributed by atoms with Crippen molar-refractivity contribution in [2.24, 2.45) is 5.92 Å². The highest BCUT2D eigenvalue weighted by molar-refractivity contribution is 5.69. The Morgan fingerprint density at radius 3 is 1.94 bits per heavy atom. The summed E-state index contributed by atoms with van der Waals surface area (Å²) in [5.41, 5.74) is 0. The van der Waals surface area contributed by atoms with Crippen LogP contribution in [0.1, 0.15) is 54.4 Å². The third-order valence-electron chi connectivity index (χ3n) is 1.87. The molecule has 0 fully saturated rings. The number of ether oxygens (including phenoxy) is 1. The van der Waals surface area contributed by atoms with Crippen LogP contribution in [0.4, 0.5) is 0 Å². The first-order valence-electron chi connectivity index (χ1n) is 6.79. The van der Waals surface area contributed by atoms with Crippen molar-refractivity contribution in [2.75, 3.05) is 0 Å². The predicted molar refractivity (Wildman–Crippen MR) is 78.8 cm³/mol. The molecule has 2 heteroatoms. The fraction of sp³-hybridized carbons (Fsp3) is 0.562. The van der Waals surface area contributed by atoms with E-state index < -0.39 is 0 Å². The lowest BCUT2D eigenvalue weighted by atomic mass is 10.1. The number of para-hydroxylation sites is 1. The average molecular weight is 252 g/mol. The molecule has 0 saturated carbocycles. The Hall–Kier alpha value is -1.31. The minimum atomic E-state index is -0.286. The van der Waals surface area contributed by atoms with Gasteiger partial charge in [0, 0.05) is 6.92 Å². The van der Waals surface area contributed by atoms with Crippen LogP contribution in [0.5, 0.6) is 5.75 Å². The molecule has 0 bridgehead atoms. The van der Waals surface area contributed by atoms with Crippen LogP contribution in [0.3, 0.4) is 0 Å². The molecular formula is C16H28O2. The van der Waals surface area contributed by atoms with E-state index in [-0.39, 0.29) is 5.97 Å². The van der Waals surface area contributed by atoms with E-state index in [1.807, 2.05) is 32.0 Å². The number of carbonyl (C=O) groups excluding carboxylic acids is 1. The van der Waals surface area contributed by atoms with E-state index in [4.69, 9.17) is 4.74 Å². The molecule has 0 unspecified atom stereocenters. The molecular weight excluding hydrogens is 224 g/mol. The smallest absolute Gasteiger partial charge is 0.308 e. The van der Waals surface area contributed by atoms with Gasteiger partial charge in [0.25, 0.3) is 0 Å². The van der Waals surface area contributed by atoms with Crippen LogP contribution in [-0.4, -0.2) is 5.97 Å². The monoisotopic (exact) mass is 252 g/mol. The maximum atomic E-state index is 10.4. The molecule has 0 aliphatic heterocycles. The second-order valence-electron chi connectivity index (χ2n) is 4.09. The first kappa shape index (κ1) is 19.0. The maximum absolute atomic E-state index is 10.4. The predicted octanol–water partition coefficient (Wildman–Crippen LogP) is 5.08. The highest BCUT2D eigenvalue weighted by atomic mass is 16.5. The molecule has 0 spiro atoms. The zero-order valence-electron chi connectivity index (χ0n) is 12.7. The summed E-state index contributed by atoms with van der Waals surface area (Å²) >= 11 is 0. The molecule has 0 aliphatic carbocycles. The van der Waals surface area contributed by atoms with Crippen molar-refractivity contribution in [3.8, 4) is 5.75 Å². The minimum Gasteiger partial charge on any atom is -0.427 e. The molecule has 1 aromatic carbocycles. The van der Waals surface area contributed by atoms with Crippen molar-refractivity contribution in [3.63, 3.8) is 0 Å². The first-order chi connectivity index (χ1) is 8.56. The molecule has 0 aliphatic rings. The molecule has 1 rings (SSSR count). The van der Waals surface area contributed by atoms with Crippen molar-refractivity contribution in [1.82, 2.24) is 0 Å². The van der Waals surface area contributed by atoms with E-state index in [1.54, 1.807) is 12.1 Å². The van der Waals surface area contributed by atoms with E-state index in [1.165, 1.54) is 19.8 Å². The van der Waals surface area contributed by atoms with Gasteiger partial charge in [0.2, 0.25) is 0 Å². The number of hydrogen-bond acceptors (Lipinski definition) is 2. The average Bonchev–Trinajstić information content (AvgIpc) is 2.32. The fourth-order valence-electron chi connectivity index (χ4n) is 1.23. The van der Waals surface area contributed by atoms with Crippen LogP contribution in [0.15, 0.2) is 30.3 Å². The topological polar surface area (TPSA) is 26.3 Å². The minimum absolute atomic E-state index is 0.286. The normalized spacial score (nSPS) is 8.61. The van der Waals surface area contributed by atoms with Crippen molar-refractivity contribution in [2.45, 2.75) is 54.4 Å². The number of benzene rings is 1. The van der Waals surface area contributed by atoms with Gasteiger partial charge in [-0.15, -0.1) is 0 Å². The van der Waals surface area contributed by atoms with Gasteiger partial charge >= 0.3 is 5.97 Å². The van der Waals surface area contributed by atoms with Gasteiger partial charge in [0.1, 0.15) is 5.75 Å². The molecule has 0 heterocycles. The van der Waals surface area contributed by atoms with Gasteiger partial charge < -0.3 is 4.74 Å². The van der Waals surface area contributed by atoms with E-state index in [0.717, 1.165) is 5.92 Å². The largest absolute Gasteiger partial charge is 0.427 e. The van der Waals surface area contributed by atoms with E-state index in [0.29, 0.717) is 5.75 Å². The molecule has 0 saturated heterocycles. The lowest BCUT2D eigenvalue weighted by molar-refractivity contribution is -0.131. The Bertz CT molecular complexity index is 278. The Labute approximate surface area is 112 Å². The summed E-state index contributed by atoms with van der Waals surface area (Å²) in [6.07, 6.45) is 2.71. The van der Waals surface area contributed by atoms with Crippen LogP contribution in [0, 0.1) is 5.92 Å². The Kier molecular flexibility index (Phi) is 14.5. The van der Waals surface area contributed by atoms with Crippen LogP contribution in [0.2, 0.25) is 0 Å². The van der Waals surface area contributed by atoms with Crippen LogP contribution < -0.4 is 4.74 Å². The SMILES string of the molecule is CC.CC(=O)Oc1ccccc1.CCCC(C)C. The quantitative estimate of drug-likeness (QED) is 0.554. The fourth-order valence-corrected chi connectivity index (χ4v) is 1.23. The summed E-state index contributed by atoms with van der Waals surface area (Å²) in [6.45, 7) is 12.1. The molecule has 0 atom stereocenters. The number of esters is 1. The van der Waals surface area contributed by atoms with Gasteiger partial charge in [-0.05, 0) is 18.1 Å². The second-order valence-corrected chi connectivity index (χ2v) is 4.09. The molecule has 2 nitrogen and oxygen atoms in total. The van der Waals surface area contributed by atoms with Crippen molar-refractivity contribution in [3.05, 3.63) is 30.3 Å².